The van der Waals surface area contributed by atoms with Gasteiger partial charge in [0.15, 0.2) is 0 Å². The highest BCUT2D eigenvalue weighted by atomic mass is 79.9. The molecule has 0 aromatic carbocycles. The third-order valence-corrected chi connectivity index (χ3v) is 3.48. The van der Waals surface area contributed by atoms with Crippen LogP contribution >= 0.6 is 15.9 Å². The highest BCUT2D eigenvalue weighted by Crippen LogP contribution is 2.22. The summed E-state index contributed by atoms with van der Waals surface area (Å²) in [6, 6.07) is 1.76. The van der Waals surface area contributed by atoms with Crippen LogP contribution in [0.5, 0.6) is 5.75 Å². The van der Waals surface area contributed by atoms with E-state index < -0.39 is 11.7 Å². The van der Waals surface area contributed by atoms with Crippen molar-refractivity contribution in [3.8, 4) is 5.75 Å². The summed E-state index contributed by atoms with van der Waals surface area (Å²) in [5.74, 6) is 0.204. The Morgan fingerprint density at radius 1 is 1.48 bits per heavy atom. The second-order valence-corrected chi connectivity index (χ2v) is 7.03. The van der Waals surface area contributed by atoms with Crippen LogP contribution < -0.4 is 10.1 Å². The van der Waals surface area contributed by atoms with Gasteiger partial charge in [-0.3, -0.25) is 4.98 Å². The number of hydrogen-bond donors (Lipinski definition) is 1. The molecule has 0 amide bonds. The predicted molar refractivity (Wildman–Crippen MR) is 83.2 cm³/mol. The van der Waals surface area contributed by atoms with E-state index in [0.29, 0.717) is 5.75 Å². The molecule has 0 bridgehead atoms. The van der Waals surface area contributed by atoms with E-state index in [-0.39, 0.29) is 12.0 Å². The Hall–Kier alpha value is -1.14. The molecule has 21 heavy (non-hydrogen) atoms. The van der Waals surface area contributed by atoms with Crippen molar-refractivity contribution in [2.75, 3.05) is 6.54 Å². The van der Waals surface area contributed by atoms with Gasteiger partial charge in [0.2, 0.25) is 6.10 Å². The molecule has 0 saturated carbocycles. The molecule has 2 rings (SSSR count). The second-order valence-electron chi connectivity index (χ2n) is 6.11. The molecule has 2 atom stereocenters. The van der Waals surface area contributed by atoms with E-state index in [1.54, 1.807) is 18.5 Å². The molecule has 2 heterocycles. The Morgan fingerprint density at radius 3 is 2.81 bits per heavy atom. The van der Waals surface area contributed by atoms with Crippen molar-refractivity contribution in [1.29, 1.82) is 0 Å². The third kappa shape index (κ3) is 4.97. The van der Waals surface area contributed by atoms with Crippen molar-refractivity contribution in [3.63, 3.8) is 0 Å². The van der Waals surface area contributed by atoms with Crippen molar-refractivity contribution < 1.29 is 14.3 Å². The smallest absolute Gasteiger partial charge is 0.349 e. The van der Waals surface area contributed by atoms with E-state index in [2.05, 4.69) is 26.2 Å². The number of carbonyl (C=O) groups is 1. The third-order valence-electron chi connectivity index (χ3n) is 3.05. The number of rotatable bonds is 4. The van der Waals surface area contributed by atoms with Crippen LogP contribution in [0, 0.1) is 0 Å². The molecule has 6 heteroatoms. The van der Waals surface area contributed by atoms with Crippen molar-refractivity contribution in [2.24, 2.45) is 0 Å². The molecule has 1 aliphatic rings. The quantitative estimate of drug-likeness (QED) is 0.840. The lowest BCUT2D eigenvalue weighted by Gasteiger charge is -2.27. The van der Waals surface area contributed by atoms with Gasteiger partial charge in [-0.1, -0.05) is 0 Å². The number of halogens is 1. The fourth-order valence-electron chi connectivity index (χ4n) is 2.23. The second kappa shape index (κ2) is 6.75. The number of nitrogens with zero attached hydrogens (tertiary/aromatic N) is 1. The number of aromatic nitrogens is 1. The van der Waals surface area contributed by atoms with E-state index in [4.69, 9.17) is 9.47 Å². The largest absolute Gasteiger partial charge is 0.475 e. The summed E-state index contributed by atoms with van der Waals surface area (Å²) >= 11 is 3.35. The van der Waals surface area contributed by atoms with E-state index in [1.165, 1.54) is 0 Å². The van der Waals surface area contributed by atoms with Gasteiger partial charge in [-0.25, -0.2) is 4.79 Å². The Kier molecular flexibility index (Phi) is 5.22. The van der Waals surface area contributed by atoms with Gasteiger partial charge in [0.25, 0.3) is 0 Å². The summed E-state index contributed by atoms with van der Waals surface area (Å²) in [7, 11) is 0. The average Bonchev–Trinajstić information content (AvgIpc) is 2.87. The standard InChI is InChI=1S/C15H21BrN2O3/c1-15(2,3)21-14(19)13(12-5-4-6-18-12)20-11-7-10(16)8-17-9-11/h7-9,12-13,18H,4-6H2,1-3H3/t12-,13?/m0/s1. The van der Waals surface area contributed by atoms with Crippen LogP contribution in [-0.2, 0) is 9.53 Å². The van der Waals surface area contributed by atoms with Gasteiger partial charge in [0.1, 0.15) is 11.4 Å². The van der Waals surface area contributed by atoms with Gasteiger partial charge < -0.3 is 14.8 Å². The Labute approximate surface area is 133 Å². The Bertz CT molecular complexity index is 496. The molecular formula is C15H21BrN2O3. The maximum atomic E-state index is 12.4. The molecule has 0 aliphatic carbocycles. The molecule has 1 aromatic rings. The van der Waals surface area contributed by atoms with Gasteiger partial charge in [0.05, 0.1) is 12.2 Å². The van der Waals surface area contributed by atoms with Gasteiger partial charge in [0, 0.05) is 10.7 Å². The highest BCUT2D eigenvalue weighted by Gasteiger charge is 2.35. The van der Waals surface area contributed by atoms with E-state index >= 15 is 0 Å². The summed E-state index contributed by atoms with van der Waals surface area (Å²) in [6.45, 7) is 6.45. The zero-order valence-corrected chi connectivity index (χ0v) is 14.1. The first-order valence-electron chi connectivity index (χ1n) is 7.08. The fourth-order valence-corrected chi connectivity index (χ4v) is 2.57. The van der Waals surface area contributed by atoms with Crippen LogP contribution in [0.3, 0.4) is 0 Å². The number of pyridine rings is 1. The maximum Gasteiger partial charge on any atom is 0.349 e. The van der Waals surface area contributed by atoms with Crippen molar-refractivity contribution in [1.82, 2.24) is 10.3 Å². The topological polar surface area (TPSA) is 60.5 Å². The van der Waals surface area contributed by atoms with Crippen molar-refractivity contribution >= 4 is 21.9 Å². The molecule has 0 spiro atoms. The Morgan fingerprint density at radius 2 is 2.24 bits per heavy atom. The monoisotopic (exact) mass is 356 g/mol. The first-order valence-corrected chi connectivity index (χ1v) is 7.88. The van der Waals surface area contributed by atoms with Gasteiger partial charge in [-0.2, -0.15) is 0 Å². The van der Waals surface area contributed by atoms with Gasteiger partial charge >= 0.3 is 5.97 Å². The zero-order chi connectivity index (χ0) is 15.5. The SMILES string of the molecule is CC(C)(C)OC(=O)C(Oc1cncc(Br)c1)[C@@H]1CCCN1. The minimum atomic E-state index is -0.664. The van der Waals surface area contributed by atoms with Crippen LogP contribution in [-0.4, -0.2) is 35.2 Å². The minimum absolute atomic E-state index is 0.0289. The fraction of sp³-hybridized carbons (Fsp3) is 0.600. The maximum absolute atomic E-state index is 12.4. The van der Waals surface area contributed by atoms with Crippen LogP contribution in [0.4, 0.5) is 0 Å². The van der Waals surface area contributed by atoms with E-state index in [1.807, 2.05) is 20.8 Å². The summed E-state index contributed by atoms with van der Waals surface area (Å²) in [4.78, 5) is 16.5. The predicted octanol–water partition coefficient (Wildman–Crippen LogP) is 2.69. The van der Waals surface area contributed by atoms with E-state index in [9.17, 15) is 4.79 Å². The van der Waals surface area contributed by atoms with Crippen molar-refractivity contribution in [2.45, 2.75) is 51.4 Å². The van der Waals surface area contributed by atoms with Gasteiger partial charge in [-0.15, -0.1) is 0 Å². The summed E-state index contributed by atoms with van der Waals surface area (Å²) in [6.07, 6.45) is 4.53. The van der Waals surface area contributed by atoms with Crippen LogP contribution in [0.15, 0.2) is 22.9 Å². The molecular weight excluding hydrogens is 336 g/mol. The molecule has 5 nitrogen and oxygen atoms in total. The first-order chi connectivity index (χ1) is 9.85. The molecule has 1 aromatic heterocycles. The molecule has 1 aliphatic heterocycles. The lowest BCUT2D eigenvalue weighted by molar-refractivity contribution is -0.164. The summed E-state index contributed by atoms with van der Waals surface area (Å²) in [5, 5.41) is 3.30. The molecule has 1 saturated heterocycles. The lowest BCUT2D eigenvalue weighted by atomic mass is 10.1. The molecule has 1 fully saturated rings. The zero-order valence-electron chi connectivity index (χ0n) is 12.6. The molecule has 1 N–H and O–H groups in total. The lowest BCUT2D eigenvalue weighted by Crippen LogP contribution is -2.47. The normalized spacial score (nSPS) is 20.1. The number of hydrogen-bond acceptors (Lipinski definition) is 5. The van der Waals surface area contributed by atoms with Crippen LogP contribution in [0.25, 0.3) is 0 Å². The molecule has 116 valence electrons. The number of esters is 1. The average molecular weight is 357 g/mol. The minimum Gasteiger partial charge on any atom is -0.475 e. The van der Waals surface area contributed by atoms with Crippen LogP contribution in [0.1, 0.15) is 33.6 Å². The van der Waals surface area contributed by atoms with Crippen LogP contribution in [0.2, 0.25) is 0 Å². The number of ether oxygens (including phenoxy) is 2. The molecule has 1 unspecified atom stereocenters. The molecule has 0 radical (unpaired) electrons. The van der Waals surface area contributed by atoms with E-state index in [0.717, 1.165) is 23.9 Å². The summed E-state index contributed by atoms with van der Waals surface area (Å²) < 4.78 is 12.1. The first kappa shape index (κ1) is 16.2. The Balaban J connectivity index is 2.13. The van der Waals surface area contributed by atoms with Crippen molar-refractivity contribution in [3.05, 3.63) is 22.9 Å². The number of nitrogens with one attached hydrogen (secondary N) is 1. The van der Waals surface area contributed by atoms with Gasteiger partial charge in [-0.05, 0) is 62.2 Å². The summed E-state index contributed by atoms with van der Waals surface area (Å²) in [5.41, 5.74) is -0.535. The number of carbonyl (C=O) groups excluding carboxylic acids is 1. The highest BCUT2D eigenvalue weighted by molar-refractivity contribution is 9.10.